The van der Waals surface area contributed by atoms with Gasteiger partial charge in [-0.05, 0) is 23.8 Å². The summed E-state index contributed by atoms with van der Waals surface area (Å²) in [6, 6.07) is 15.0. The minimum Gasteiger partial charge on any atom is -0.489 e. The molecule has 18 heavy (non-hydrogen) atoms. The van der Waals surface area contributed by atoms with E-state index in [1.54, 1.807) is 6.07 Å². The molecule has 0 amide bonds. The van der Waals surface area contributed by atoms with Gasteiger partial charge in [0, 0.05) is 10.6 Å². The van der Waals surface area contributed by atoms with E-state index in [-0.39, 0.29) is 0 Å². The molecule has 0 unspecified atom stereocenters. The monoisotopic (exact) mass is 277 g/mol. The zero-order chi connectivity index (χ0) is 13.0. The van der Waals surface area contributed by atoms with Crippen LogP contribution in [0, 0.1) is 0 Å². The van der Waals surface area contributed by atoms with Crippen molar-refractivity contribution in [1.29, 1.82) is 0 Å². The first kappa shape index (κ1) is 12.9. The van der Waals surface area contributed by atoms with Gasteiger partial charge in [-0.3, -0.25) is 0 Å². The van der Waals surface area contributed by atoms with Gasteiger partial charge in [0.2, 0.25) is 0 Å². The van der Waals surface area contributed by atoms with Gasteiger partial charge in [0.05, 0.1) is 0 Å². The fourth-order valence-corrected chi connectivity index (χ4v) is 1.81. The third-order valence-corrected chi connectivity index (χ3v) is 2.91. The van der Waals surface area contributed by atoms with Crippen LogP contribution in [0.5, 0.6) is 5.75 Å². The quantitative estimate of drug-likeness (QED) is 0.868. The van der Waals surface area contributed by atoms with Crippen molar-refractivity contribution in [3.8, 4) is 5.75 Å². The Morgan fingerprint density at radius 1 is 1.17 bits per heavy atom. The van der Waals surface area contributed by atoms with Crippen molar-refractivity contribution >= 4 is 28.8 Å². The van der Waals surface area contributed by atoms with Crippen molar-refractivity contribution < 1.29 is 4.74 Å². The molecule has 0 aromatic heterocycles. The van der Waals surface area contributed by atoms with Gasteiger partial charge in [0.1, 0.15) is 17.3 Å². The molecular formula is C14H12ClNOS. The topological polar surface area (TPSA) is 35.2 Å². The summed E-state index contributed by atoms with van der Waals surface area (Å²) in [6.07, 6.45) is 0. The van der Waals surface area contributed by atoms with Crippen LogP contribution in [0.3, 0.4) is 0 Å². The summed E-state index contributed by atoms with van der Waals surface area (Å²) in [5, 5.41) is 0.663. The average Bonchev–Trinajstić information content (AvgIpc) is 2.37. The minimum absolute atomic E-state index is 0.400. The second-order valence-corrected chi connectivity index (χ2v) is 4.68. The Bertz CT molecular complexity index is 554. The van der Waals surface area contributed by atoms with Crippen molar-refractivity contribution in [2.45, 2.75) is 6.61 Å². The lowest BCUT2D eigenvalue weighted by atomic mass is 10.1. The first-order chi connectivity index (χ1) is 8.65. The highest BCUT2D eigenvalue weighted by atomic mass is 35.5. The maximum Gasteiger partial charge on any atom is 0.121 e. The number of rotatable bonds is 4. The SMILES string of the molecule is NC(=S)c1ccc(COc2cccc(Cl)c2)cc1. The fraction of sp³-hybridized carbons (Fsp3) is 0.0714. The third-order valence-electron chi connectivity index (χ3n) is 2.44. The molecule has 2 N–H and O–H groups in total. The molecule has 0 aliphatic carbocycles. The molecule has 92 valence electrons. The van der Waals surface area contributed by atoms with Crippen molar-refractivity contribution in [3.63, 3.8) is 0 Å². The predicted molar refractivity (Wildman–Crippen MR) is 78.1 cm³/mol. The maximum atomic E-state index is 5.87. The maximum absolute atomic E-state index is 5.87. The van der Waals surface area contributed by atoms with Crippen LogP contribution in [0.2, 0.25) is 5.02 Å². The number of benzene rings is 2. The van der Waals surface area contributed by atoms with Gasteiger partial charge in [-0.1, -0.05) is 54.2 Å². The van der Waals surface area contributed by atoms with E-state index in [1.165, 1.54) is 0 Å². The molecule has 2 nitrogen and oxygen atoms in total. The first-order valence-corrected chi connectivity index (χ1v) is 6.21. The van der Waals surface area contributed by atoms with Crippen molar-refractivity contribution in [1.82, 2.24) is 0 Å². The van der Waals surface area contributed by atoms with Gasteiger partial charge in [-0.15, -0.1) is 0 Å². The molecule has 0 saturated carbocycles. The molecular weight excluding hydrogens is 266 g/mol. The minimum atomic E-state index is 0.400. The van der Waals surface area contributed by atoms with Crippen LogP contribution in [0.4, 0.5) is 0 Å². The lowest BCUT2D eigenvalue weighted by Gasteiger charge is -2.07. The molecule has 2 aromatic carbocycles. The van der Waals surface area contributed by atoms with Crippen LogP contribution in [0.25, 0.3) is 0 Å². The number of hydrogen-bond acceptors (Lipinski definition) is 2. The van der Waals surface area contributed by atoms with Gasteiger partial charge in [0.25, 0.3) is 0 Å². The highest BCUT2D eigenvalue weighted by molar-refractivity contribution is 7.80. The van der Waals surface area contributed by atoms with Gasteiger partial charge in [-0.25, -0.2) is 0 Å². The fourth-order valence-electron chi connectivity index (χ4n) is 1.49. The zero-order valence-corrected chi connectivity index (χ0v) is 11.2. The number of halogens is 1. The van der Waals surface area contributed by atoms with Crippen LogP contribution in [-0.4, -0.2) is 4.99 Å². The second-order valence-electron chi connectivity index (χ2n) is 3.81. The Balaban J connectivity index is 2.00. The molecule has 0 saturated heterocycles. The lowest BCUT2D eigenvalue weighted by Crippen LogP contribution is -2.09. The van der Waals surface area contributed by atoms with Crippen molar-refractivity contribution in [2.24, 2.45) is 5.73 Å². The van der Waals surface area contributed by atoms with Gasteiger partial charge in [-0.2, -0.15) is 0 Å². The number of hydrogen-bond donors (Lipinski definition) is 1. The summed E-state index contributed by atoms with van der Waals surface area (Å²) in [7, 11) is 0. The van der Waals surface area contributed by atoms with E-state index in [2.05, 4.69) is 0 Å². The Hall–Kier alpha value is -1.58. The van der Waals surface area contributed by atoms with Crippen LogP contribution >= 0.6 is 23.8 Å². The van der Waals surface area contributed by atoms with E-state index in [9.17, 15) is 0 Å². The highest BCUT2D eigenvalue weighted by Gasteiger charge is 1.99. The molecule has 0 aliphatic rings. The zero-order valence-electron chi connectivity index (χ0n) is 9.60. The van der Waals surface area contributed by atoms with Gasteiger partial charge in [0.15, 0.2) is 0 Å². The van der Waals surface area contributed by atoms with Crippen LogP contribution in [0.1, 0.15) is 11.1 Å². The van der Waals surface area contributed by atoms with Gasteiger partial charge >= 0.3 is 0 Å². The van der Waals surface area contributed by atoms with E-state index in [1.807, 2.05) is 42.5 Å². The molecule has 2 rings (SSSR count). The number of ether oxygens (including phenoxy) is 1. The highest BCUT2D eigenvalue weighted by Crippen LogP contribution is 2.18. The van der Waals surface area contributed by atoms with Crippen LogP contribution in [0.15, 0.2) is 48.5 Å². The molecule has 0 bridgehead atoms. The first-order valence-electron chi connectivity index (χ1n) is 5.42. The summed E-state index contributed by atoms with van der Waals surface area (Å²) in [5.41, 5.74) is 7.44. The number of thiocarbonyl (C=S) groups is 1. The molecule has 4 heteroatoms. The largest absolute Gasteiger partial charge is 0.489 e. The molecule has 0 spiro atoms. The van der Waals surface area contributed by atoms with E-state index in [0.717, 1.165) is 16.9 Å². The number of nitrogens with two attached hydrogens (primary N) is 1. The molecule has 0 heterocycles. The standard InChI is InChI=1S/C14H12ClNOS/c15-12-2-1-3-13(8-12)17-9-10-4-6-11(7-5-10)14(16)18/h1-8H,9H2,(H2,16,18). The Morgan fingerprint density at radius 3 is 2.50 bits per heavy atom. The molecule has 0 atom stereocenters. The summed E-state index contributed by atoms with van der Waals surface area (Å²) in [5.74, 6) is 0.751. The summed E-state index contributed by atoms with van der Waals surface area (Å²) >= 11 is 10.8. The Labute approximate surface area is 116 Å². The average molecular weight is 278 g/mol. The molecule has 0 radical (unpaired) electrons. The van der Waals surface area contributed by atoms with Crippen LogP contribution < -0.4 is 10.5 Å². The van der Waals surface area contributed by atoms with E-state index in [4.69, 9.17) is 34.3 Å². The van der Waals surface area contributed by atoms with Crippen LogP contribution in [-0.2, 0) is 6.61 Å². The smallest absolute Gasteiger partial charge is 0.121 e. The van der Waals surface area contributed by atoms with Crippen molar-refractivity contribution in [3.05, 3.63) is 64.7 Å². The summed E-state index contributed by atoms with van der Waals surface area (Å²) < 4.78 is 5.62. The van der Waals surface area contributed by atoms with Gasteiger partial charge < -0.3 is 10.5 Å². The van der Waals surface area contributed by atoms with E-state index >= 15 is 0 Å². The molecule has 2 aromatic rings. The van der Waals surface area contributed by atoms with E-state index < -0.39 is 0 Å². The second kappa shape index (κ2) is 5.85. The van der Waals surface area contributed by atoms with E-state index in [0.29, 0.717) is 16.6 Å². The normalized spacial score (nSPS) is 10.1. The predicted octanol–water partition coefficient (Wildman–Crippen LogP) is 3.55. The Morgan fingerprint density at radius 2 is 1.89 bits per heavy atom. The Kier molecular flexibility index (Phi) is 4.18. The van der Waals surface area contributed by atoms with Crippen molar-refractivity contribution in [2.75, 3.05) is 0 Å². The summed E-state index contributed by atoms with van der Waals surface area (Å²) in [4.78, 5) is 0.400. The molecule has 0 aliphatic heterocycles. The summed E-state index contributed by atoms with van der Waals surface area (Å²) in [6.45, 7) is 0.484. The molecule has 0 fully saturated rings. The lowest BCUT2D eigenvalue weighted by molar-refractivity contribution is 0.306. The third kappa shape index (κ3) is 3.45.